The first-order valence-electron chi connectivity index (χ1n) is 5.43. The van der Waals surface area contributed by atoms with E-state index >= 15 is 0 Å². The summed E-state index contributed by atoms with van der Waals surface area (Å²) < 4.78 is 22.3. The Morgan fingerprint density at radius 3 is 2.24 bits per heavy atom. The summed E-state index contributed by atoms with van der Waals surface area (Å²) in [5.74, 6) is 0.0744. The Morgan fingerprint density at radius 1 is 1.00 bits per heavy atom. The van der Waals surface area contributed by atoms with Crippen molar-refractivity contribution < 1.29 is 8.76 Å². The van der Waals surface area contributed by atoms with Gasteiger partial charge in [0.25, 0.3) is 0 Å². The highest BCUT2D eigenvalue weighted by molar-refractivity contribution is 7.79. The average molecular weight is 245 g/mol. The molecule has 88 valence electrons. The van der Waals surface area contributed by atoms with Gasteiger partial charge in [-0.2, -0.15) is 0 Å². The average Bonchev–Trinajstić information content (AvgIpc) is 2.39. The third-order valence-corrected chi connectivity index (χ3v) is 3.60. The van der Waals surface area contributed by atoms with E-state index < -0.39 is 11.1 Å². The summed E-state index contributed by atoms with van der Waals surface area (Å²) in [4.78, 5) is 0.379. The molecule has 0 aliphatic carbocycles. The van der Waals surface area contributed by atoms with E-state index in [1.54, 1.807) is 12.1 Å². The summed E-state index contributed by atoms with van der Waals surface area (Å²) >= 11 is -2.18. The summed E-state index contributed by atoms with van der Waals surface area (Å²) in [6.45, 7) is 2.01. The summed E-state index contributed by atoms with van der Waals surface area (Å²) in [6.07, 6.45) is 0. The molecule has 0 heterocycles. The van der Waals surface area contributed by atoms with Crippen LogP contribution in [-0.4, -0.2) is 8.76 Å². The van der Waals surface area contributed by atoms with E-state index in [2.05, 4.69) is 0 Å². The molecular weight excluding hydrogens is 232 g/mol. The van der Waals surface area contributed by atoms with Crippen LogP contribution in [0, 0.1) is 0 Å². The standard InChI is InChI=1S/C14H14O2S/c1-11(12-7-3-2-4-8-12)13-9-5-6-10-14(13)17(15)16/h2-11H,1H3,(H,15,16)/p-1. The first-order valence-corrected chi connectivity index (χ1v) is 6.51. The maximum absolute atomic E-state index is 11.2. The van der Waals surface area contributed by atoms with Gasteiger partial charge < -0.3 is 4.55 Å². The highest BCUT2D eigenvalue weighted by Crippen LogP contribution is 2.27. The maximum Gasteiger partial charge on any atom is 0.0286 e. The van der Waals surface area contributed by atoms with E-state index in [0.29, 0.717) is 4.90 Å². The normalized spacial score (nSPS) is 14.2. The zero-order valence-corrected chi connectivity index (χ0v) is 10.3. The number of hydrogen-bond donors (Lipinski definition) is 0. The van der Waals surface area contributed by atoms with Crippen LogP contribution < -0.4 is 0 Å². The van der Waals surface area contributed by atoms with E-state index in [1.165, 1.54) is 0 Å². The Balaban J connectivity index is 2.44. The van der Waals surface area contributed by atoms with Crippen LogP contribution in [0.4, 0.5) is 0 Å². The molecule has 2 aromatic rings. The Kier molecular flexibility index (Phi) is 3.71. The molecule has 2 atom stereocenters. The van der Waals surface area contributed by atoms with E-state index in [9.17, 15) is 8.76 Å². The Hall–Kier alpha value is -1.45. The van der Waals surface area contributed by atoms with Crippen LogP contribution in [-0.2, 0) is 11.1 Å². The number of hydrogen-bond acceptors (Lipinski definition) is 2. The van der Waals surface area contributed by atoms with Gasteiger partial charge in [0, 0.05) is 10.8 Å². The molecule has 3 heteroatoms. The molecule has 0 aliphatic heterocycles. The molecule has 2 rings (SSSR count). The van der Waals surface area contributed by atoms with Crippen molar-refractivity contribution in [3.05, 3.63) is 65.7 Å². The van der Waals surface area contributed by atoms with Crippen molar-refractivity contribution in [1.82, 2.24) is 0 Å². The SMILES string of the molecule is CC(c1ccccc1)c1ccccc1S(=O)[O-]. The van der Waals surface area contributed by atoms with Gasteiger partial charge in [0.05, 0.1) is 0 Å². The lowest BCUT2D eigenvalue weighted by atomic mass is 9.93. The second-order valence-corrected chi connectivity index (χ2v) is 4.81. The minimum absolute atomic E-state index is 0.0744. The van der Waals surface area contributed by atoms with Crippen LogP contribution in [0.3, 0.4) is 0 Å². The molecule has 0 spiro atoms. The van der Waals surface area contributed by atoms with Crippen LogP contribution in [0.15, 0.2) is 59.5 Å². The van der Waals surface area contributed by atoms with Crippen molar-refractivity contribution in [2.45, 2.75) is 17.7 Å². The van der Waals surface area contributed by atoms with Crippen LogP contribution in [0.5, 0.6) is 0 Å². The molecule has 0 saturated heterocycles. The van der Waals surface area contributed by atoms with Crippen LogP contribution in [0.2, 0.25) is 0 Å². The molecule has 17 heavy (non-hydrogen) atoms. The predicted molar refractivity (Wildman–Crippen MR) is 67.6 cm³/mol. The summed E-state index contributed by atoms with van der Waals surface area (Å²) in [5.41, 5.74) is 1.96. The maximum atomic E-state index is 11.2. The lowest BCUT2D eigenvalue weighted by Gasteiger charge is -2.18. The molecular formula is C14H13O2S-. The Labute approximate surface area is 104 Å². The molecule has 0 fully saturated rings. The Morgan fingerprint density at radius 2 is 1.59 bits per heavy atom. The minimum atomic E-state index is -2.18. The first kappa shape index (κ1) is 12.0. The van der Waals surface area contributed by atoms with E-state index in [1.807, 2.05) is 49.4 Å². The van der Waals surface area contributed by atoms with E-state index in [-0.39, 0.29) is 5.92 Å². The third-order valence-electron chi connectivity index (χ3n) is 2.86. The van der Waals surface area contributed by atoms with Crippen LogP contribution >= 0.6 is 0 Å². The van der Waals surface area contributed by atoms with Gasteiger partial charge in [-0.1, -0.05) is 55.5 Å². The van der Waals surface area contributed by atoms with Crippen molar-refractivity contribution in [2.75, 3.05) is 0 Å². The van der Waals surface area contributed by atoms with Crippen molar-refractivity contribution in [2.24, 2.45) is 0 Å². The van der Waals surface area contributed by atoms with Gasteiger partial charge in [-0.3, -0.25) is 4.21 Å². The second-order valence-electron chi connectivity index (χ2n) is 3.90. The lowest BCUT2D eigenvalue weighted by molar-refractivity contribution is 0.535. The summed E-state index contributed by atoms with van der Waals surface area (Å²) in [5, 5.41) is 0. The lowest BCUT2D eigenvalue weighted by Crippen LogP contribution is -2.02. The fraction of sp³-hybridized carbons (Fsp3) is 0.143. The van der Waals surface area contributed by atoms with Gasteiger partial charge in [-0.05, 0) is 28.3 Å². The van der Waals surface area contributed by atoms with Gasteiger partial charge in [0.1, 0.15) is 0 Å². The summed E-state index contributed by atoms with van der Waals surface area (Å²) in [7, 11) is 0. The highest BCUT2D eigenvalue weighted by Gasteiger charge is 2.12. The molecule has 0 aromatic heterocycles. The molecule has 0 saturated carbocycles. The van der Waals surface area contributed by atoms with Gasteiger partial charge in [-0.15, -0.1) is 0 Å². The smallest absolute Gasteiger partial charge is 0.0286 e. The minimum Gasteiger partial charge on any atom is -0.768 e. The van der Waals surface area contributed by atoms with Gasteiger partial charge in [0.2, 0.25) is 0 Å². The van der Waals surface area contributed by atoms with Crippen molar-refractivity contribution in [3.63, 3.8) is 0 Å². The zero-order chi connectivity index (χ0) is 12.3. The quantitative estimate of drug-likeness (QED) is 0.780. The molecule has 0 radical (unpaired) electrons. The molecule has 0 bridgehead atoms. The van der Waals surface area contributed by atoms with E-state index in [4.69, 9.17) is 0 Å². The van der Waals surface area contributed by atoms with Crippen molar-refractivity contribution >= 4 is 11.1 Å². The molecule has 0 aliphatic rings. The second kappa shape index (κ2) is 5.25. The monoisotopic (exact) mass is 245 g/mol. The molecule has 2 unspecified atom stereocenters. The highest BCUT2D eigenvalue weighted by atomic mass is 32.2. The largest absolute Gasteiger partial charge is 0.768 e. The summed E-state index contributed by atoms with van der Waals surface area (Å²) in [6, 6.07) is 17.0. The predicted octanol–water partition coefficient (Wildman–Crippen LogP) is 3.08. The van der Waals surface area contributed by atoms with Crippen LogP contribution in [0.1, 0.15) is 24.0 Å². The molecule has 2 aromatic carbocycles. The Bertz CT molecular complexity index is 523. The number of benzene rings is 2. The van der Waals surface area contributed by atoms with Gasteiger partial charge >= 0.3 is 0 Å². The third kappa shape index (κ3) is 2.62. The van der Waals surface area contributed by atoms with Gasteiger partial charge in [-0.25, -0.2) is 0 Å². The van der Waals surface area contributed by atoms with Gasteiger partial charge in [0.15, 0.2) is 0 Å². The first-order chi connectivity index (χ1) is 8.20. The van der Waals surface area contributed by atoms with E-state index in [0.717, 1.165) is 11.1 Å². The topological polar surface area (TPSA) is 40.1 Å². The van der Waals surface area contributed by atoms with Crippen molar-refractivity contribution in [1.29, 1.82) is 0 Å². The fourth-order valence-electron chi connectivity index (χ4n) is 1.91. The molecule has 2 nitrogen and oxygen atoms in total. The van der Waals surface area contributed by atoms with Crippen LogP contribution in [0.25, 0.3) is 0 Å². The fourth-order valence-corrected chi connectivity index (χ4v) is 2.54. The molecule has 0 amide bonds. The molecule has 0 N–H and O–H groups in total. The van der Waals surface area contributed by atoms with Crippen molar-refractivity contribution in [3.8, 4) is 0 Å². The number of rotatable bonds is 3. The zero-order valence-electron chi connectivity index (χ0n) is 9.50.